The Bertz CT molecular complexity index is 396. The van der Waals surface area contributed by atoms with Gasteiger partial charge in [0, 0.05) is 0 Å². The Balaban J connectivity index is 2.91. The number of benzene rings is 1. The molecule has 1 rings (SSSR count). The van der Waals surface area contributed by atoms with Gasteiger partial charge in [-0.15, -0.1) is 0 Å². The van der Waals surface area contributed by atoms with E-state index in [-0.39, 0.29) is 10.8 Å². The van der Waals surface area contributed by atoms with Gasteiger partial charge in [-0.3, -0.25) is 4.79 Å². The first kappa shape index (κ1) is 12.8. The molecule has 88 valence electrons. The van der Waals surface area contributed by atoms with E-state index in [9.17, 15) is 15.0 Å². The third-order valence-electron chi connectivity index (χ3n) is 2.13. The molecule has 0 radical (unpaired) electrons. The van der Waals surface area contributed by atoms with E-state index in [2.05, 4.69) is 4.74 Å². The molecule has 1 aromatic carbocycles. The maximum absolute atomic E-state index is 11.1. The summed E-state index contributed by atoms with van der Waals surface area (Å²) in [5.74, 6) is -0.832. The van der Waals surface area contributed by atoms with Gasteiger partial charge in [0.05, 0.1) is 12.1 Å². The highest BCUT2D eigenvalue weighted by Crippen LogP contribution is 2.27. The Labute approximate surface area is 97.4 Å². The van der Waals surface area contributed by atoms with E-state index in [1.165, 1.54) is 25.3 Å². The van der Waals surface area contributed by atoms with Crippen molar-refractivity contribution in [3.05, 3.63) is 28.8 Å². The number of carbonyl (C=O) groups excluding carboxylic acids is 1. The number of ether oxygens (including phenoxy) is 1. The van der Waals surface area contributed by atoms with Gasteiger partial charge in [-0.05, 0) is 17.7 Å². The lowest BCUT2D eigenvalue weighted by Gasteiger charge is -2.17. The van der Waals surface area contributed by atoms with Crippen molar-refractivity contribution in [1.82, 2.24) is 0 Å². The number of aromatic hydroxyl groups is 1. The summed E-state index contributed by atoms with van der Waals surface area (Å²) in [6.45, 7) is 0. The van der Waals surface area contributed by atoms with Crippen molar-refractivity contribution in [3.63, 3.8) is 0 Å². The molecule has 0 heterocycles. The van der Waals surface area contributed by atoms with Gasteiger partial charge in [-0.25, -0.2) is 0 Å². The third kappa shape index (κ3) is 2.63. The zero-order valence-corrected chi connectivity index (χ0v) is 9.31. The number of aliphatic hydroxyl groups excluding tert-OH is 1. The van der Waals surface area contributed by atoms with Crippen LogP contribution in [0.25, 0.3) is 0 Å². The van der Waals surface area contributed by atoms with Crippen molar-refractivity contribution in [2.45, 2.75) is 12.1 Å². The third-order valence-corrected chi connectivity index (χ3v) is 2.43. The number of phenols is 1. The average molecular weight is 246 g/mol. The van der Waals surface area contributed by atoms with Crippen LogP contribution in [0.5, 0.6) is 5.75 Å². The molecule has 0 saturated carbocycles. The fourth-order valence-corrected chi connectivity index (χ4v) is 1.37. The van der Waals surface area contributed by atoms with Crippen LogP contribution in [0.15, 0.2) is 18.2 Å². The topological polar surface area (TPSA) is 92.8 Å². The molecule has 0 fully saturated rings. The molecule has 5 nitrogen and oxygen atoms in total. The molecule has 2 atom stereocenters. The molecular formula is C10H12ClNO4. The minimum absolute atomic E-state index is 0.0774. The van der Waals surface area contributed by atoms with Crippen molar-refractivity contribution in [3.8, 4) is 5.75 Å². The second-order valence-corrected chi connectivity index (χ2v) is 3.61. The molecule has 6 heteroatoms. The summed E-state index contributed by atoms with van der Waals surface area (Å²) < 4.78 is 4.40. The molecule has 0 aliphatic heterocycles. The zero-order chi connectivity index (χ0) is 12.3. The fourth-order valence-electron chi connectivity index (χ4n) is 1.18. The van der Waals surface area contributed by atoms with Crippen LogP contribution in [0.2, 0.25) is 5.02 Å². The summed E-state index contributed by atoms with van der Waals surface area (Å²) in [5.41, 5.74) is 5.80. The number of hydrogen-bond acceptors (Lipinski definition) is 5. The maximum Gasteiger partial charge on any atom is 0.325 e. The zero-order valence-electron chi connectivity index (χ0n) is 8.55. The highest BCUT2D eigenvalue weighted by molar-refractivity contribution is 6.32. The monoisotopic (exact) mass is 245 g/mol. The Morgan fingerprint density at radius 2 is 2.19 bits per heavy atom. The van der Waals surface area contributed by atoms with Crippen molar-refractivity contribution >= 4 is 17.6 Å². The molecule has 0 aromatic heterocycles. The van der Waals surface area contributed by atoms with E-state index in [4.69, 9.17) is 17.3 Å². The van der Waals surface area contributed by atoms with E-state index in [0.717, 1.165) is 0 Å². The van der Waals surface area contributed by atoms with E-state index >= 15 is 0 Å². The molecule has 0 unspecified atom stereocenters. The molecule has 0 bridgehead atoms. The Morgan fingerprint density at radius 1 is 1.56 bits per heavy atom. The quantitative estimate of drug-likeness (QED) is 0.678. The van der Waals surface area contributed by atoms with Crippen molar-refractivity contribution in [2.24, 2.45) is 5.73 Å². The van der Waals surface area contributed by atoms with Gasteiger partial charge in [-0.2, -0.15) is 0 Å². The summed E-state index contributed by atoms with van der Waals surface area (Å²) in [7, 11) is 1.18. The lowest BCUT2D eigenvalue weighted by atomic mass is 10.0. The van der Waals surface area contributed by atoms with Crippen LogP contribution < -0.4 is 5.73 Å². The number of phenolic OH excluding ortho intramolecular Hbond substituents is 1. The first-order valence-corrected chi connectivity index (χ1v) is 4.85. The van der Waals surface area contributed by atoms with Crippen molar-refractivity contribution in [2.75, 3.05) is 7.11 Å². The number of esters is 1. The number of methoxy groups -OCH3 is 1. The first-order valence-electron chi connectivity index (χ1n) is 4.47. The molecule has 1 aromatic rings. The van der Waals surface area contributed by atoms with E-state index in [1.54, 1.807) is 0 Å². The smallest absolute Gasteiger partial charge is 0.325 e. The predicted octanol–water partition coefficient (Wildman–Crippen LogP) is 0.579. The van der Waals surface area contributed by atoms with Gasteiger partial charge in [0.1, 0.15) is 17.9 Å². The molecule has 0 aliphatic carbocycles. The number of carbonyl (C=O) groups is 1. The molecule has 0 amide bonds. The molecule has 0 spiro atoms. The maximum atomic E-state index is 11.1. The Kier molecular flexibility index (Phi) is 4.12. The van der Waals surface area contributed by atoms with Crippen LogP contribution in [0.1, 0.15) is 11.7 Å². The Hall–Kier alpha value is -1.30. The normalized spacial score (nSPS) is 14.2. The first-order chi connectivity index (χ1) is 7.47. The van der Waals surface area contributed by atoms with Gasteiger partial charge in [0.2, 0.25) is 0 Å². The van der Waals surface area contributed by atoms with Gasteiger partial charge >= 0.3 is 5.97 Å². The Morgan fingerprint density at radius 3 is 2.69 bits per heavy atom. The van der Waals surface area contributed by atoms with Gasteiger partial charge in [0.15, 0.2) is 0 Å². The van der Waals surface area contributed by atoms with Crippen LogP contribution in [0.4, 0.5) is 0 Å². The lowest BCUT2D eigenvalue weighted by molar-refractivity contribution is -0.145. The molecule has 16 heavy (non-hydrogen) atoms. The minimum Gasteiger partial charge on any atom is -0.506 e. The molecular weight excluding hydrogens is 234 g/mol. The number of rotatable bonds is 3. The fraction of sp³-hybridized carbons (Fsp3) is 0.300. The highest BCUT2D eigenvalue weighted by atomic mass is 35.5. The summed E-state index contributed by atoms with van der Waals surface area (Å²) in [5, 5.41) is 19.0. The van der Waals surface area contributed by atoms with Crippen LogP contribution in [0, 0.1) is 0 Å². The number of nitrogens with two attached hydrogens (primary N) is 1. The summed E-state index contributed by atoms with van der Waals surface area (Å²) in [6, 6.07) is 2.88. The summed E-state index contributed by atoms with van der Waals surface area (Å²) in [6.07, 6.45) is -1.23. The number of hydrogen-bond donors (Lipinski definition) is 3. The van der Waals surface area contributed by atoms with Gasteiger partial charge < -0.3 is 20.7 Å². The van der Waals surface area contributed by atoms with Gasteiger partial charge in [-0.1, -0.05) is 17.7 Å². The van der Waals surface area contributed by atoms with Crippen LogP contribution in [-0.2, 0) is 9.53 Å². The standard InChI is InChI=1S/C10H12ClNO4/c1-16-10(15)8(12)9(14)5-2-3-7(13)6(11)4-5/h2-4,8-9,13-14H,12H2,1H3/t8-,9-/m1/s1. The number of halogens is 1. The van der Waals surface area contributed by atoms with E-state index in [0.29, 0.717) is 5.56 Å². The second kappa shape index (κ2) is 5.16. The van der Waals surface area contributed by atoms with E-state index < -0.39 is 18.1 Å². The summed E-state index contributed by atoms with van der Waals surface area (Å²) in [4.78, 5) is 11.1. The van der Waals surface area contributed by atoms with E-state index in [1.807, 2.05) is 0 Å². The SMILES string of the molecule is COC(=O)[C@H](N)[C@H](O)c1ccc(O)c(Cl)c1. The number of aliphatic hydroxyl groups is 1. The molecule has 4 N–H and O–H groups in total. The minimum atomic E-state index is -1.23. The lowest BCUT2D eigenvalue weighted by Crippen LogP contribution is -2.37. The predicted molar refractivity (Wildman–Crippen MR) is 58.1 cm³/mol. The average Bonchev–Trinajstić information content (AvgIpc) is 2.29. The highest BCUT2D eigenvalue weighted by Gasteiger charge is 2.25. The van der Waals surface area contributed by atoms with Crippen molar-refractivity contribution in [1.29, 1.82) is 0 Å². The van der Waals surface area contributed by atoms with Crippen molar-refractivity contribution < 1.29 is 19.7 Å². The largest absolute Gasteiger partial charge is 0.506 e. The van der Waals surface area contributed by atoms with Crippen LogP contribution in [-0.4, -0.2) is 29.3 Å². The summed E-state index contributed by atoms with van der Waals surface area (Å²) >= 11 is 5.66. The molecule has 0 saturated heterocycles. The second-order valence-electron chi connectivity index (χ2n) is 3.20. The molecule has 0 aliphatic rings. The van der Waals surface area contributed by atoms with Gasteiger partial charge in [0.25, 0.3) is 0 Å². The van der Waals surface area contributed by atoms with Crippen LogP contribution >= 0.6 is 11.6 Å². The van der Waals surface area contributed by atoms with Crippen LogP contribution in [0.3, 0.4) is 0 Å².